The van der Waals surface area contributed by atoms with Gasteiger partial charge in [0.1, 0.15) is 5.75 Å². The van der Waals surface area contributed by atoms with Crippen molar-refractivity contribution in [2.45, 2.75) is 26.2 Å². The molecular formula is C21H23ClN2O5. The van der Waals surface area contributed by atoms with E-state index in [0.717, 1.165) is 5.56 Å². The molecule has 154 valence electrons. The predicted molar refractivity (Wildman–Crippen MR) is 111 cm³/mol. The van der Waals surface area contributed by atoms with Crippen molar-refractivity contribution < 1.29 is 23.9 Å². The molecule has 0 saturated heterocycles. The summed E-state index contributed by atoms with van der Waals surface area (Å²) in [5.41, 5.74) is 2.09. The molecule has 2 aromatic carbocycles. The number of esters is 1. The molecule has 2 aromatic rings. The van der Waals surface area contributed by atoms with Gasteiger partial charge in [-0.25, -0.2) is 0 Å². The van der Waals surface area contributed by atoms with E-state index in [1.807, 2.05) is 13.0 Å². The molecule has 0 saturated carbocycles. The number of rotatable bonds is 9. The highest BCUT2D eigenvalue weighted by molar-refractivity contribution is 6.31. The van der Waals surface area contributed by atoms with Gasteiger partial charge in [0.2, 0.25) is 5.91 Å². The van der Waals surface area contributed by atoms with Crippen LogP contribution in [0.4, 0.5) is 11.4 Å². The van der Waals surface area contributed by atoms with Gasteiger partial charge >= 0.3 is 5.97 Å². The Morgan fingerprint density at radius 3 is 2.24 bits per heavy atom. The van der Waals surface area contributed by atoms with Crippen molar-refractivity contribution in [3.8, 4) is 5.75 Å². The molecule has 2 rings (SSSR count). The Labute approximate surface area is 174 Å². The van der Waals surface area contributed by atoms with Crippen LogP contribution in [0.25, 0.3) is 0 Å². The van der Waals surface area contributed by atoms with E-state index in [4.69, 9.17) is 21.1 Å². The molecule has 0 aromatic heterocycles. The Balaban J connectivity index is 1.63. The topological polar surface area (TPSA) is 93.7 Å². The van der Waals surface area contributed by atoms with Gasteiger partial charge in [0.15, 0.2) is 6.61 Å². The Hall–Kier alpha value is -3.06. The molecule has 2 amide bonds. The lowest BCUT2D eigenvalue weighted by molar-refractivity contribution is -0.147. The first kappa shape index (κ1) is 22.2. The minimum Gasteiger partial charge on any atom is -0.497 e. The third-order valence-corrected chi connectivity index (χ3v) is 4.39. The number of carbonyl (C=O) groups is 3. The predicted octanol–water partition coefficient (Wildman–Crippen LogP) is 3.95. The van der Waals surface area contributed by atoms with Crippen LogP contribution in [-0.2, 0) is 19.1 Å². The van der Waals surface area contributed by atoms with Crippen LogP contribution in [0.2, 0.25) is 5.02 Å². The molecule has 29 heavy (non-hydrogen) atoms. The molecule has 0 unspecified atom stereocenters. The van der Waals surface area contributed by atoms with Gasteiger partial charge in [-0.2, -0.15) is 0 Å². The van der Waals surface area contributed by atoms with E-state index in [2.05, 4.69) is 10.6 Å². The lowest BCUT2D eigenvalue weighted by Gasteiger charge is -2.08. The molecule has 0 aliphatic carbocycles. The first-order valence-corrected chi connectivity index (χ1v) is 9.40. The summed E-state index contributed by atoms with van der Waals surface area (Å²) in [4.78, 5) is 35.5. The van der Waals surface area contributed by atoms with E-state index in [0.29, 0.717) is 28.6 Å². The number of halogens is 1. The number of amides is 2. The molecule has 7 nitrogen and oxygen atoms in total. The summed E-state index contributed by atoms with van der Waals surface area (Å²) in [5.74, 6) is -0.544. The number of ether oxygens (including phenoxy) is 2. The Morgan fingerprint density at radius 2 is 1.59 bits per heavy atom. The first-order valence-electron chi connectivity index (χ1n) is 9.03. The molecule has 0 spiro atoms. The standard InChI is InChI=1S/C21H23ClN2O5/c1-14-6-7-16(12-18(14)22)24-19(25)4-3-5-21(27)29-13-20(26)23-15-8-10-17(28-2)11-9-15/h6-12H,3-5,13H2,1-2H3,(H,23,26)(H,24,25). The van der Waals surface area contributed by atoms with Crippen LogP contribution >= 0.6 is 11.6 Å². The summed E-state index contributed by atoms with van der Waals surface area (Å²) >= 11 is 6.02. The number of benzene rings is 2. The van der Waals surface area contributed by atoms with Crippen molar-refractivity contribution in [2.75, 3.05) is 24.4 Å². The number of methoxy groups -OCH3 is 1. The average Bonchev–Trinajstić information content (AvgIpc) is 2.70. The van der Waals surface area contributed by atoms with Gasteiger partial charge in [0.05, 0.1) is 7.11 Å². The van der Waals surface area contributed by atoms with Crippen LogP contribution in [0.15, 0.2) is 42.5 Å². The molecule has 0 bridgehead atoms. The summed E-state index contributed by atoms with van der Waals surface area (Å²) < 4.78 is 9.96. The summed E-state index contributed by atoms with van der Waals surface area (Å²) in [6, 6.07) is 12.0. The van der Waals surface area contributed by atoms with Crippen LogP contribution < -0.4 is 15.4 Å². The Morgan fingerprint density at radius 1 is 0.931 bits per heavy atom. The zero-order valence-electron chi connectivity index (χ0n) is 16.3. The first-order chi connectivity index (χ1) is 13.9. The van der Waals surface area contributed by atoms with Gasteiger partial charge in [-0.3, -0.25) is 14.4 Å². The second-order valence-electron chi connectivity index (χ2n) is 6.30. The van der Waals surface area contributed by atoms with E-state index in [-0.39, 0.29) is 25.4 Å². The van der Waals surface area contributed by atoms with E-state index in [1.165, 1.54) is 0 Å². The van der Waals surface area contributed by atoms with Gasteiger partial charge in [0, 0.05) is 29.2 Å². The molecule has 0 aliphatic heterocycles. The smallest absolute Gasteiger partial charge is 0.306 e. The molecule has 0 atom stereocenters. The summed E-state index contributed by atoms with van der Waals surface area (Å²) in [6.07, 6.45) is 0.501. The SMILES string of the molecule is COc1ccc(NC(=O)COC(=O)CCCC(=O)Nc2ccc(C)c(Cl)c2)cc1. The second kappa shape index (κ2) is 11.1. The molecular weight excluding hydrogens is 396 g/mol. The lowest BCUT2D eigenvalue weighted by Crippen LogP contribution is -2.21. The van der Waals surface area contributed by atoms with Crippen molar-refractivity contribution in [2.24, 2.45) is 0 Å². The molecule has 0 aliphatic rings. The van der Waals surface area contributed by atoms with E-state index >= 15 is 0 Å². The average molecular weight is 419 g/mol. The third kappa shape index (κ3) is 7.83. The van der Waals surface area contributed by atoms with E-state index in [1.54, 1.807) is 43.5 Å². The van der Waals surface area contributed by atoms with Gasteiger partial charge in [0.25, 0.3) is 5.91 Å². The van der Waals surface area contributed by atoms with Crippen LogP contribution in [0.1, 0.15) is 24.8 Å². The zero-order chi connectivity index (χ0) is 21.2. The Bertz CT molecular complexity index is 868. The van der Waals surface area contributed by atoms with Gasteiger partial charge < -0.3 is 20.1 Å². The van der Waals surface area contributed by atoms with Gasteiger partial charge in [-0.15, -0.1) is 0 Å². The van der Waals surface area contributed by atoms with Gasteiger partial charge in [-0.1, -0.05) is 17.7 Å². The fourth-order valence-electron chi connectivity index (χ4n) is 2.38. The van der Waals surface area contributed by atoms with E-state index in [9.17, 15) is 14.4 Å². The van der Waals surface area contributed by atoms with Crippen molar-refractivity contribution >= 4 is 40.8 Å². The number of anilines is 2. The van der Waals surface area contributed by atoms with Crippen molar-refractivity contribution in [3.63, 3.8) is 0 Å². The minimum atomic E-state index is -0.541. The zero-order valence-corrected chi connectivity index (χ0v) is 17.0. The fourth-order valence-corrected chi connectivity index (χ4v) is 2.56. The lowest BCUT2D eigenvalue weighted by atomic mass is 10.2. The number of nitrogens with one attached hydrogen (secondary N) is 2. The number of aryl methyl sites for hydroxylation is 1. The summed E-state index contributed by atoms with van der Waals surface area (Å²) in [7, 11) is 1.55. The van der Waals surface area contributed by atoms with Crippen LogP contribution in [-0.4, -0.2) is 31.5 Å². The maximum Gasteiger partial charge on any atom is 0.306 e. The van der Waals surface area contributed by atoms with Crippen LogP contribution in [0.3, 0.4) is 0 Å². The fraction of sp³-hybridized carbons (Fsp3) is 0.286. The normalized spacial score (nSPS) is 10.2. The number of hydrogen-bond donors (Lipinski definition) is 2. The van der Waals surface area contributed by atoms with Crippen molar-refractivity contribution in [1.29, 1.82) is 0 Å². The second-order valence-corrected chi connectivity index (χ2v) is 6.71. The number of hydrogen-bond acceptors (Lipinski definition) is 5. The monoisotopic (exact) mass is 418 g/mol. The largest absolute Gasteiger partial charge is 0.497 e. The third-order valence-electron chi connectivity index (χ3n) is 3.98. The minimum absolute atomic E-state index is 0.0396. The Kier molecular flexibility index (Phi) is 8.48. The molecule has 8 heteroatoms. The highest BCUT2D eigenvalue weighted by atomic mass is 35.5. The maximum absolute atomic E-state index is 11.9. The molecule has 0 fully saturated rings. The summed E-state index contributed by atoms with van der Waals surface area (Å²) in [6.45, 7) is 1.48. The van der Waals surface area contributed by atoms with E-state index < -0.39 is 11.9 Å². The molecule has 0 heterocycles. The highest BCUT2D eigenvalue weighted by Gasteiger charge is 2.10. The number of carbonyl (C=O) groups excluding carboxylic acids is 3. The van der Waals surface area contributed by atoms with Gasteiger partial charge in [-0.05, 0) is 55.3 Å². The molecule has 0 radical (unpaired) electrons. The van der Waals surface area contributed by atoms with Crippen molar-refractivity contribution in [1.82, 2.24) is 0 Å². The highest BCUT2D eigenvalue weighted by Crippen LogP contribution is 2.20. The maximum atomic E-state index is 11.9. The van der Waals surface area contributed by atoms with Crippen LogP contribution in [0.5, 0.6) is 5.75 Å². The molecule has 2 N–H and O–H groups in total. The summed E-state index contributed by atoms with van der Waals surface area (Å²) in [5, 5.41) is 5.90. The van der Waals surface area contributed by atoms with Crippen molar-refractivity contribution in [3.05, 3.63) is 53.1 Å². The van der Waals surface area contributed by atoms with Crippen LogP contribution in [0, 0.1) is 6.92 Å². The quantitative estimate of drug-likeness (QED) is 0.601.